The van der Waals surface area contributed by atoms with E-state index in [9.17, 15) is 27.6 Å². The molecular formula is C18H15F3N2O4S. The van der Waals surface area contributed by atoms with Crippen LogP contribution in [0.1, 0.15) is 0 Å². The minimum absolute atomic E-state index is 0.0229. The Labute approximate surface area is 162 Å². The van der Waals surface area contributed by atoms with Gasteiger partial charge in [0.25, 0.3) is 5.91 Å². The van der Waals surface area contributed by atoms with Crippen LogP contribution in [0.4, 0.5) is 18.9 Å². The highest BCUT2D eigenvalue weighted by atomic mass is 32.2. The molecule has 0 fully saturated rings. The van der Waals surface area contributed by atoms with Crippen molar-refractivity contribution >= 4 is 35.2 Å². The highest BCUT2D eigenvalue weighted by Gasteiger charge is 2.12. The second-order valence-corrected chi connectivity index (χ2v) is 6.35. The molecule has 0 aliphatic rings. The Kier molecular flexibility index (Phi) is 7.88. The lowest BCUT2D eigenvalue weighted by atomic mass is 10.3. The van der Waals surface area contributed by atoms with Gasteiger partial charge in [0.15, 0.2) is 18.2 Å². The summed E-state index contributed by atoms with van der Waals surface area (Å²) in [6.45, 7) is -1.07. The molecule has 0 heterocycles. The number of carbonyl (C=O) groups excluding carboxylic acids is 3. The fourth-order valence-corrected chi connectivity index (χ4v) is 2.63. The summed E-state index contributed by atoms with van der Waals surface area (Å²) in [5, 5.41) is 4.47. The van der Waals surface area contributed by atoms with Gasteiger partial charge < -0.3 is 15.4 Å². The predicted octanol–water partition coefficient (Wildman–Crippen LogP) is 2.49. The Morgan fingerprint density at radius 1 is 0.929 bits per heavy atom. The first-order chi connectivity index (χ1) is 13.3. The summed E-state index contributed by atoms with van der Waals surface area (Å²) < 4.78 is 44.0. The predicted molar refractivity (Wildman–Crippen MR) is 96.1 cm³/mol. The van der Waals surface area contributed by atoms with Crippen molar-refractivity contribution in [1.82, 2.24) is 5.32 Å². The molecule has 0 bridgehead atoms. The van der Waals surface area contributed by atoms with Crippen molar-refractivity contribution in [2.45, 2.75) is 4.90 Å². The Morgan fingerprint density at radius 2 is 1.68 bits per heavy atom. The molecule has 0 radical (unpaired) electrons. The van der Waals surface area contributed by atoms with Gasteiger partial charge in [0.05, 0.1) is 12.3 Å². The van der Waals surface area contributed by atoms with E-state index in [1.807, 2.05) is 0 Å². The summed E-state index contributed by atoms with van der Waals surface area (Å²) in [6, 6.07) is 8.71. The maximum Gasteiger partial charge on any atom is 0.316 e. The number of hydrogen-bond acceptors (Lipinski definition) is 5. The molecule has 0 atom stereocenters. The third-order valence-electron chi connectivity index (χ3n) is 3.20. The SMILES string of the molecule is O=C(COC(=O)CSc1ccccc1F)NCC(=O)Nc1ccc(F)c(F)c1. The molecule has 0 aliphatic carbocycles. The van der Waals surface area contributed by atoms with Crippen LogP contribution in [0.15, 0.2) is 47.4 Å². The van der Waals surface area contributed by atoms with Gasteiger partial charge in [-0.1, -0.05) is 12.1 Å². The number of nitrogens with one attached hydrogen (secondary N) is 2. The molecule has 2 N–H and O–H groups in total. The van der Waals surface area contributed by atoms with Crippen molar-refractivity contribution in [3.05, 3.63) is 59.9 Å². The topological polar surface area (TPSA) is 84.5 Å². The lowest BCUT2D eigenvalue weighted by Crippen LogP contribution is -2.35. The highest BCUT2D eigenvalue weighted by molar-refractivity contribution is 8.00. The van der Waals surface area contributed by atoms with E-state index in [2.05, 4.69) is 10.6 Å². The number of amides is 2. The zero-order chi connectivity index (χ0) is 20.5. The standard InChI is InChI=1S/C18H15F3N2O4S/c19-12-6-5-11(7-14(12)21)23-16(24)8-22-17(25)9-27-18(26)10-28-15-4-2-1-3-13(15)20/h1-7H,8-10H2,(H,22,25)(H,23,24). The van der Waals surface area contributed by atoms with Gasteiger partial charge in [0, 0.05) is 16.6 Å². The third kappa shape index (κ3) is 6.95. The average molecular weight is 412 g/mol. The molecule has 0 saturated carbocycles. The van der Waals surface area contributed by atoms with Crippen molar-refractivity contribution in [1.29, 1.82) is 0 Å². The number of ether oxygens (including phenoxy) is 1. The number of halogens is 3. The van der Waals surface area contributed by atoms with Gasteiger partial charge in [-0.05, 0) is 24.3 Å². The van der Waals surface area contributed by atoms with Crippen molar-refractivity contribution < 1.29 is 32.3 Å². The van der Waals surface area contributed by atoms with Crippen LogP contribution < -0.4 is 10.6 Å². The van der Waals surface area contributed by atoms with Crippen LogP contribution in [0.2, 0.25) is 0 Å². The first-order valence-corrected chi connectivity index (χ1v) is 8.88. The molecule has 148 valence electrons. The van der Waals surface area contributed by atoms with Crippen LogP contribution in [0, 0.1) is 17.5 Å². The van der Waals surface area contributed by atoms with Crippen LogP contribution >= 0.6 is 11.8 Å². The smallest absolute Gasteiger partial charge is 0.316 e. The molecule has 0 aliphatic heterocycles. The van der Waals surface area contributed by atoms with E-state index in [4.69, 9.17) is 4.74 Å². The molecule has 0 unspecified atom stereocenters. The molecule has 2 amide bonds. The number of esters is 1. The quantitative estimate of drug-likeness (QED) is 0.514. The van der Waals surface area contributed by atoms with Gasteiger partial charge in [0.2, 0.25) is 5.91 Å². The summed E-state index contributed by atoms with van der Waals surface area (Å²) in [5.41, 5.74) is 0.0229. The van der Waals surface area contributed by atoms with E-state index < -0.39 is 48.4 Å². The van der Waals surface area contributed by atoms with Crippen molar-refractivity contribution in [2.75, 3.05) is 24.2 Å². The van der Waals surface area contributed by atoms with Crippen LogP contribution in [0.5, 0.6) is 0 Å². The lowest BCUT2D eigenvalue weighted by Gasteiger charge is -2.08. The lowest BCUT2D eigenvalue weighted by molar-refractivity contribution is -0.146. The van der Waals surface area contributed by atoms with Crippen LogP contribution in [0.25, 0.3) is 0 Å². The molecule has 28 heavy (non-hydrogen) atoms. The van der Waals surface area contributed by atoms with Gasteiger partial charge in [-0.3, -0.25) is 14.4 Å². The molecular weight excluding hydrogens is 397 g/mol. The summed E-state index contributed by atoms with van der Waals surface area (Å²) in [4.78, 5) is 35.1. The van der Waals surface area contributed by atoms with E-state index in [1.54, 1.807) is 6.07 Å². The molecule has 2 aromatic carbocycles. The Morgan fingerprint density at radius 3 is 2.39 bits per heavy atom. The first kappa shape index (κ1) is 21.3. The van der Waals surface area contributed by atoms with E-state index in [1.165, 1.54) is 18.2 Å². The largest absolute Gasteiger partial charge is 0.455 e. The van der Waals surface area contributed by atoms with E-state index >= 15 is 0 Å². The highest BCUT2D eigenvalue weighted by Crippen LogP contribution is 2.21. The molecule has 2 aromatic rings. The first-order valence-electron chi connectivity index (χ1n) is 7.89. The van der Waals surface area contributed by atoms with Crippen LogP contribution in [0.3, 0.4) is 0 Å². The minimum Gasteiger partial charge on any atom is -0.455 e. The molecule has 0 aromatic heterocycles. The van der Waals surface area contributed by atoms with E-state index in [0.29, 0.717) is 0 Å². The molecule has 6 nitrogen and oxygen atoms in total. The minimum atomic E-state index is -1.12. The maximum atomic E-state index is 13.4. The molecule has 0 saturated heterocycles. The van der Waals surface area contributed by atoms with Crippen molar-refractivity contribution in [2.24, 2.45) is 0 Å². The normalized spacial score (nSPS) is 10.2. The number of hydrogen-bond donors (Lipinski definition) is 2. The van der Waals surface area contributed by atoms with Crippen LogP contribution in [-0.2, 0) is 19.1 Å². The number of benzene rings is 2. The summed E-state index contributed by atoms with van der Waals surface area (Å²) in [7, 11) is 0. The summed E-state index contributed by atoms with van der Waals surface area (Å²) in [6.07, 6.45) is 0. The zero-order valence-electron chi connectivity index (χ0n) is 14.3. The summed E-state index contributed by atoms with van der Waals surface area (Å²) in [5.74, 6) is -4.97. The second-order valence-electron chi connectivity index (χ2n) is 5.33. The number of thioether (sulfide) groups is 1. The average Bonchev–Trinajstić information content (AvgIpc) is 2.67. The monoisotopic (exact) mass is 412 g/mol. The number of carbonyl (C=O) groups is 3. The fraction of sp³-hybridized carbons (Fsp3) is 0.167. The number of rotatable bonds is 8. The molecule has 10 heteroatoms. The number of anilines is 1. The zero-order valence-corrected chi connectivity index (χ0v) is 15.2. The van der Waals surface area contributed by atoms with Crippen molar-refractivity contribution in [3.8, 4) is 0 Å². The maximum absolute atomic E-state index is 13.4. The third-order valence-corrected chi connectivity index (χ3v) is 4.22. The van der Waals surface area contributed by atoms with Gasteiger partial charge in [-0.25, -0.2) is 13.2 Å². The fourth-order valence-electron chi connectivity index (χ4n) is 1.90. The van der Waals surface area contributed by atoms with Gasteiger partial charge in [-0.15, -0.1) is 11.8 Å². The Balaban J connectivity index is 1.66. The Bertz CT molecular complexity index is 880. The van der Waals surface area contributed by atoms with Gasteiger partial charge >= 0.3 is 5.97 Å². The van der Waals surface area contributed by atoms with Gasteiger partial charge in [0.1, 0.15) is 5.82 Å². The molecule has 2 rings (SSSR count). The van der Waals surface area contributed by atoms with Crippen LogP contribution in [-0.4, -0.2) is 36.7 Å². The summed E-state index contributed by atoms with van der Waals surface area (Å²) >= 11 is 0.926. The van der Waals surface area contributed by atoms with Gasteiger partial charge in [-0.2, -0.15) is 0 Å². The van der Waals surface area contributed by atoms with E-state index in [0.717, 1.165) is 30.0 Å². The van der Waals surface area contributed by atoms with E-state index in [-0.39, 0.29) is 16.3 Å². The molecule has 0 spiro atoms. The van der Waals surface area contributed by atoms with Crippen molar-refractivity contribution in [3.63, 3.8) is 0 Å². The Hall–Kier alpha value is -3.01. The second kappa shape index (κ2) is 10.4.